The number of hydrogen-bond acceptors (Lipinski definition) is 3. The quantitative estimate of drug-likeness (QED) is 0.466. The van der Waals surface area contributed by atoms with E-state index in [-0.39, 0.29) is 0 Å². The number of aryl methyl sites for hydroxylation is 1. The average molecular weight is 314 g/mol. The molecule has 0 aliphatic carbocycles. The number of hydrogen-bond donors (Lipinski definition) is 0. The zero-order valence-electron chi connectivity index (χ0n) is 13.8. The van der Waals surface area contributed by atoms with Crippen LogP contribution in [-0.4, -0.2) is 13.7 Å². The molecular formula is C21H18N2O. The third-order valence-electron chi connectivity index (χ3n) is 4.93. The summed E-state index contributed by atoms with van der Waals surface area (Å²) in [6.07, 6.45) is 0. The van der Waals surface area contributed by atoms with Gasteiger partial charge in [-0.05, 0) is 30.7 Å². The molecule has 1 aliphatic rings. The maximum absolute atomic E-state index is 6.27. The number of anilines is 3. The van der Waals surface area contributed by atoms with Gasteiger partial charge in [-0.25, -0.2) is 0 Å². The van der Waals surface area contributed by atoms with Gasteiger partial charge >= 0.3 is 0 Å². The fourth-order valence-corrected chi connectivity index (χ4v) is 3.78. The van der Waals surface area contributed by atoms with Crippen molar-refractivity contribution in [2.75, 3.05) is 23.5 Å². The number of fused-ring (bicyclic) bond motifs is 4. The lowest BCUT2D eigenvalue weighted by Crippen LogP contribution is -2.24. The molecule has 118 valence electrons. The maximum atomic E-state index is 6.27. The molecule has 4 aromatic rings. The lowest BCUT2D eigenvalue weighted by molar-refractivity contribution is 0.667. The van der Waals surface area contributed by atoms with Gasteiger partial charge in [-0.3, -0.25) is 0 Å². The predicted molar refractivity (Wildman–Crippen MR) is 100 cm³/mol. The standard InChI is InChI=1S/C21H18N2O/c1-14-11-12-16-15-7-3-6-10-19(15)24-21(16)20(14)23-13-22(2)17-8-4-5-9-18(17)23/h3-12H,13H2,1-2H3. The molecule has 3 heteroatoms. The Bertz CT molecular complexity index is 1080. The van der Waals surface area contributed by atoms with Crippen LogP contribution in [0.5, 0.6) is 0 Å². The first-order valence-electron chi connectivity index (χ1n) is 8.22. The van der Waals surface area contributed by atoms with Crippen molar-refractivity contribution in [3.63, 3.8) is 0 Å². The Labute approximate surface area is 140 Å². The molecule has 0 N–H and O–H groups in total. The van der Waals surface area contributed by atoms with E-state index in [9.17, 15) is 0 Å². The van der Waals surface area contributed by atoms with Crippen LogP contribution in [0.15, 0.2) is 65.1 Å². The molecular weight excluding hydrogens is 296 g/mol. The van der Waals surface area contributed by atoms with Crippen molar-refractivity contribution in [3.05, 3.63) is 66.2 Å². The van der Waals surface area contributed by atoms with Crippen molar-refractivity contribution in [2.45, 2.75) is 6.92 Å². The minimum absolute atomic E-state index is 0.830. The van der Waals surface area contributed by atoms with E-state index < -0.39 is 0 Å². The van der Waals surface area contributed by atoms with Crippen molar-refractivity contribution in [1.82, 2.24) is 0 Å². The molecule has 1 aromatic heterocycles. The van der Waals surface area contributed by atoms with Crippen LogP contribution in [0.1, 0.15) is 5.56 Å². The van der Waals surface area contributed by atoms with E-state index in [2.05, 4.69) is 72.3 Å². The summed E-state index contributed by atoms with van der Waals surface area (Å²) in [5.74, 6) is 0. The minimum Gasteiger partial charge on any atom is -0.454 e. The first kappa shape index (κ1) is 13.5. The lowest BCUT2D eigenvalue weighted by Gasteiger charge is -2.21. The third kappa shape index (κ3) is 1.72. The van der Waals surface area contributed by atoms with Crippen molar-refractivity contribution >= 4 is 39.0 Å². The average Bonchev–Trinajstić information content (AvgIpc) is 3.13. The first-order chi connectivity index (χ1) is 11.7. The van der Waals surface area contributed by atoms with Crippen LogP contribution >= 0.6 is 0 Å². The summed E-state index contributed by atoms with van der Waals surface area (Å²) in [6, 6.07) is 21.2. The Morgan fingerprint density at radius 2 is 1.58 bits per heavy atom. The molecule has 0 bridgehead atoms. The molecule has 0 fully saturated rings. The molecule has 1 aliphatic heterocycles. The second-order valence-electron chi connectivity index (χ2n) is 6.46. The molecule has 3 aromatic carbocycles. The molecule has 0 saturated carbocycles. The SMILES string of the molecule is Cc1ccc2c(oc3ccccc32)c1N1CN(C)c2ccccc21. The Kier molecular flexibility index (Phi) is 2.69. The molecule has 3 nitrogen and oxygen atoms in total. The number of rotatable bonds is 1. The van der Waals surface area contributed by atoms with Crippen LogP contribution in [0.3, 0.4) is 0 Å². The highest BCUT2D eigenvalue weighted by atomic mass is 16.3. The number of benzene rings is 3. The van der Waals surface area contributed by atoms with Crippen LogP contribution in [0.25, 0.3) is 21.9 Å². The summed E-state index contributed by atoms with van der Waals surface area (Å²) in [5.41, 5.74) is 6.80. The van der Waals surface area contributed by atoms with E-state index >= 15 is 0 Å². The highest BCUT2D eigenvalue weighted by Crippen LogP contribution is 2.45. The number of nitrogens with zero attached hydrogens (tertiary/aromatic N) is 2. The summed E-state index contributed by atoms with van der Waals surface area (Å²) in [4.78, 5) is 4.63. The fourth-order valence-electron chi connectivity index (χ4n) is 3.78. The van der Waals surface area contributed by atoms with Crippen molar-refractivity contribution in [3.8, 4) is 0 Å². The van der Waals surface area contributed by atoms with E-state index in [0.717, 1.165) is 17.8 Å². The van der Waals surface area contributed by atoms with Gasteiger partial charge in [0.25, 0.3) is 0 Å². The zero-order chi connectivity index (χ0) is 16.3. The molecule has 0 spiro atoms. The highest BCUT2D eigenvalue weighted by Gasteiger charge is 2.27. The summed E-state index contributed by atoms with van der Waals surface area (Å²) in [6.45, 7) is 2.99. The van der Waals surface area contributed by atoms with Crippen LogP contribution in [0.2, 0.25) is 0 Å². The molecule has 0 atom stereocenters. The van der Waals surface area contributed by atoms with Crippen LogP contribution in [-0.2, 0) is 0 Å². The van der Waals surface area contributed by atoms with Gasteiger partial charge in [0.2, 0.25) is 0 Å². The van der Waals surface area contributed by atoms with Gasteiger partial charge in [-0.1, -0.05) is 42.5 Å². The first-order valence-corrected chi connectivity index (χ1v) is 8.22. The summed E-state index contributed by atoms with van der Waals surface area (Å²) >= 11 is 0. The van der Waals surface area contributed by atoms with E-state index in [1.807, 2.05) is 12.1 Å². The predicted octanol–water partition coefficient (Wildman–Crippen LogP) is 5.44. The maximum Gasteiger partial charge on any atom is 0.159 e. The van der Waals surface area contributed by atoms with Crippen molar-refractivity contribution in [2.24, 2.45) is 0 Å². The molecule has 24 heavy (non-hydrogen) atoms. The van der Waals surface area contributed by atoms with Gasteiger partial charge in [0.05, 0.1) is 23.7 Å². The van der Waals surface area contributed by atoms with Crippen LogP contribution in [0.4, 0.5) is 17.1 Å². The zero-order valence-corrected chi connectivity index (χ0v) is 13.8. The van der Waals surface area contributed by atoms with Gasteiger partial charge in [0, 0.05) is 17.8 Å². The fraction of sp³-hybridized carbons (Fsp3) is 0.143. The Morgan fingerprint density at radius 3 is 2.46 bits per heavy atom. The van der Waals surface area contributed by atoms with Crippen molar-refractivity contribution in [1.29, 1.82) is 0 Å². The Balaban J connectivity index is 1.83. The monoisotopic (exact) mass is 314 g/mol. The second-order valence-corrected chi connectivity index (χ2v) is 6.46. The second kappa shape index (κ2) is 4.78. The summed E-state index contributed by atoms with van der Waals surface area (Å²) in [5, 5.41) is 2.35. The van der Waals surface area contributed by atoms with E-state index in [0.29, 0.717) is 0 Å². The molecule has 0 saturated heterocycles. The Morgan fingerprint density at radius 1 is 0.833 bits per heavy atom. The van der Waals surface area contributed by atoms with Gasteiger partial charge in [-0.2, -0.15) is 0 Å². The van der Waals surface area contributed by atoms with Crippen molar-refractivity contribution < 1.29 is 4.42 Å². The number of para-hydroxylation sites is 3. The van der Waals surface area contributed by atoms with Gasteiger partial charge in [0.1, 0.15) is 5.58 Å². The molecule has 0 unspecified atom stereocenters. The van der Waals surface area contributed by atoms with Crippen LogP contribution in [0, 0.1) is 6.92 Å². The molecule has 5 rings (SSSR count). The van der Waals surface area contributed by atoms with E-state index in [4.69, 9.17) is 4.42 Å². The molecule has 2 heterocycles. The molecule has 0 radical (unpaired) electrons. The van der Waals surface area contributed by atoms with E-state index in [1.54, 1.807) is 0 Å². The smallest absolute Gasteiger partial charge is 0.159 e. The topological polar surface area (TPSA) is 19.6 Å². The van der Waals surface area contributed by atoms with Gasteiger partial charge in [0.15, 0.2) is 5.58 Å². The van der Waals surface area contributed by atoms with Gasteiger partial charge < -0.3 is 14.2 Å². The van der Waals surface area contributed by atoms with E-state index in [1.165, 1.54) is 33.4 Å². The van der Waals surface area contributed by atoms with Gasteiger partial charge in [-0.15, -0.1) is 0 Å². The minimum atomic E-state index is 0.830. The normalized spacial score (nSPS) is 13.9. The third-order valence-corrected chi connectivity index (χ3v) is 4.93. The number of furan rings is 1. The highest BCUT2D eigenvalue weighted by molar-refractivity contribution is 6.10. The largest absolute Gasteiger partial charge is 0.454 e. The van der Waals surface area contributed by atoms with Crippen LogP contribution < -0.4 is 9.80 Å². The Hall–Kier alpha value is -2.94. The molecule has 0 amide bonds. The summed E-state index contributed by atoms with van der Waals surface area (Å²) in [7, 11) is 2.13. The lowest BCUT2D eigenvalue weighted by atomic mass is 10.1. The summed E-state index contributed by atoms with van der Waals surface area (Å²) < 4.78 is 6.27.